The number of amides is 1. The van der Waals surface area contributed by atoms with E-state index in [1.165, 1.54) is 0 Å². The molecule has 0 radical (unpaired) electrons. The van der Waals surface area contributed by atoms with Gasteiger partial charge in [0.05, 0.1) is 52.9 Å². The van der Waals surface area contributed by atoms with Crippen molar-refractivity contribution in [2.45, 2.75) is 25.7 Å². The maximum Gasteiger partial charge on any atom is 0.222 e. The molecule has 1 amide bonds. The van der Waals surface area contributed by atoms with Crippen LogP contribution >= 0.6 is 12.6 Å². The Balaban J connectivity index is 2.31. The zero-order valence-electron chi connectivity index (χ0n) is 14.0. The normalized spacial score (nSPS) is 19.8. The lowest BCUT2D eigenvalue weighted by atomic mass is 10.2. The third-order valence-electron chi connectivity index (χ3n) is 3.53. The molecule has 7 heteroatoms. The predicted octanol–water partition coefficient (Wildman–Crippen LogP) is 1.39. The zero-order chi connectivity index (χ0) is 16.6. The summed E-state index contributed by atoms with van der Waals surface area (Å²) in [6.45, 7) is 5.59. The summed E-state index contributed by atoms with van der Waals surface area (Å²) in [6.07, 6.45) is 3.60. The average Bonchev–Trinajstić information content (AvgIpc) is 2.57. The van der Waals surface area contributed by atoms with Gasteiger partial charge in [-0.25, -0.2) is 0 Å². The van der Waals surface area contributed by atoms with E-state index in [2.05, 4.69) is 12.6 Å². The molecule has 0 aromatic heterocycles. The lowest BCUT2D eigenvalue weighted by Crippen LogP contribution is -2.36. The molecule has 1 aliphatic rings. The van der Waals surface area contributed by atoms with Gasteiger partial charge in [-0.1, -0.05) is 6.42 Å². The zero-order valence-corrected chi connectivity index (χ0v) is 14.9. The van der Waals surface area contributed by atoms with E-state index in [-0.39, 0.29) is 5.91 Å². The predicted molar refractivity (Wildman–Crippen MR) is 92.2 cm³/mol. The molecule has 1 rings (SSSR count). The summed E-state index contributed by atoms with van der Waals surface area (Å²) in [5, 5.41) is 0. The van der Waals surface area contributed by atoms with Crippen molar-refractivity contribution in [2.24, 2.45) is 0 Å². The molecule has 0 aromatic carbocycles. The molecule has 0 unspecified atom stereocenters. The fraction of sp³-hybridized carbons (Fsp3) is 0.938. The summed E-state index contributed by atoms with van der Waals surface area (Å²) in [4.78, 5) is 14.1. The molecule has 0 aliphatic carbocycles. The van der Waals surface area contributed by atoms with Gasteiger partial charge in [-0.2, -0.15) is 12.6 Å². The Hall–Kier alpha value is -0.340. The van der Waals surface area contributed by atoms with Gasteiger partial charge in [0.25, 0.3) is 0 Å². The molecular weight excluding hydrogens is 318 g/mol. The molecule has 1 fully saturated rings. The third-order valence-corrected chi connectivity index (χ3v) is 3.84. The average molecular weight is 349 g/mol. The molecule has 0 aromatic rings. The van der Waals surface area contributed by atoms with E-state index in [0.29, 0.717) is 72.4 Å². The topological polar surface area (TPSA) is 57.2 Å². The van der Waals surface area contributed by atoms with Gasteiger partial charge in [-0.3, -0.25) is 4.79 Å². The lowest BCUT2D eigenvalue weighted by Gasteiger charge is -2.22. The summed E-state index contributed by atoms with van der Waals surface area (Å²) in [7, 11) is 0. The Kier molecular flexibility index (Phi) is 13.7. The van der Waals surface area contributed by atoms with Crippen LogP contribution in [0.5, 0.6) is 0 Å². The number of carbonyl (C=O) groups excluding carboxylic acids is 1. The fourth-order valence-corrected chi connectivity index (χ4v) is 2.42. The van der Waals surface area contributed by atoms with Crippen LogP contribution in [0.15, 0.2) is 0 Å². The van der Waals surface area contributed by atoms with E-state index < -0.39 is 0 Å². The van der Waals surface area contributed by atoms with Gasteiger partial charge >= 0.3 is 0 Å². The Morgan fingerprint density at radius 3 is 1.70 bits per heavy atom. The van der Waals surface area contributed by atoms with Crippen molar-refractivity contribution in [1.29, 1.82) is 0 Å². The molecule has 0 atom stereocenters. The minimum Gasteiger partial charge on any atom is -0.377 e. The molecular formula is C16H31NO5S. The highest BCUT2D eigenvalue weighted by molar-refractivity contribution is 7.80. The quantitative estimate of drug-likeness (QED) is 0.600. The van der Waals surface area contributed by atoms with Crippen LogP contribution in [0.4, 0.5) is 0 Å². The van der Waals surface area contributed by atoms with Crippen LogP contribution in [-0.2, 0) is 23.7 Å². The summed E-state index contributed by atoms with van der Waals surface area (Å²) in [6, 6.07) is 0. The summed E-state index contributed by atoms with van der Waals surface area (Å²) >= 11 is 4.19. The Morgan fingerprint density at radius 1 is 0.739 bits per heavy atom. The number of hydrogen-bond donors (Lipinski definition) is 1. The Bertz CT molecular complexity index is 278. The molecule has 1 aliphatic heterocycles. The fourth-order valence-electron chi connectivity index (χ4n) is 2.20. The van der Waals surface area contributed by atoms with Gasteiger partial charge in [0.2, 0.25) is 5.91 Å². The molecule has 23 heavy (non-hydrogen) atoms. The van der Waals surface area contributed by atoms with Gasteiger partial charge in [0, 0.05) is 19.5 Å². The van der Waals surface area contributed by atoms with Crippen LogP contribution < -0.4 is 0 Å². The highest BCUT2D eigenvalue weighted by Crippen LogP contribution is 2.05. The highest BCUT2D eigenvalue weighted by atomic mass is 32.1. The molecule has 0 spiro atoms. The van der Waals surface area contributed by atoms with Crippen molar-refractivity contribution in [3.05, 3.63) is 0 Å². The smallest absolute Gasteiger partial charge is 0.222 e. The SMILES string of the molecule is O=C(CCCCCS)N1CCOCCOCCOCCOCC1. The van der Waals surface area contributed by atoms with Gasteiger partial charge in [-0.15, -0.1) is 0 Å². The first-order valence-electron chi connectivity index (χ1n) is 8.54. The lowest BCUT2D eigenvalue weighted by molar-refractivity contribution is -0.133. The second kappa shape index (κ2) is 15.2. The maximum absolute atomic E-state index is 12.3. The van der Waals surface area contributed by atoms with Crippen LogP contribution in [-0.4, -0.2) is 82.5 Å². The van der Waals surface area contributed by atoms with Crippen LogP contribution in [0.25, 0.3) is 0 Å². The summed E-state index contributed by atoms with van der Waals surface area (Å²) < 4.78 is 21.8. The van der Waals surface area contributed by atoms with Crippen molar-refractivity contribution in [3.8, 4) is 0 Å². The van der Waals surface area contributed by atoms with Crippen molar-refractivity contribution in [3.63, 3.8) is 0 Å². The number of nitrogens with zero attached hydrogens (tertiary/aromatic N) is 1. The molecule has 136 valence electrons. The first-order valence-corrected chi connectivity index (χ1v) is 9.17. The molecule has 6 nitrogen and oxygen atoms in total. The van der Waals surface area contributed by atoms with Crippen LogP contribution in [0.1, 0.15) is 25.7 Å². The molecule has 1 heterocycles. The number of rotatable bonds is 5. The first kappa shape index (κ1) is 20.7. The van der Waals surface area contributed by atoms with Gasteiger partial charge in [0.1, 0.15) is 0 Å². The number of unbranched alkanes of at least 4 members (excludes halogenated alkanes) is 2. The molecule has 1 saturated heterocycles. The van der Waals surface area contributed by atoms with E-state index in [1.807, 2.05) is 4.90 Å². The summed E-state index contributed by atoms with van der Waals surface area (Å²) in [5.41, 5.74) is 0. The van der Waals surface area contributed by atoms with E-state index in [4.69, 9.17) is 18.9 Å². The van der Waals surface area contributed by atoms with Crippen molar-refractivity contribution in [2.75, 3.05) is 71.7 Å². The number of carbonyl (C=O) groups is 1. The van der Waals surface area contributed by atoms with Crippen molar-refractivity contribution in [1.82, 2.24) is 4.90 Å². The van der Waals surface area contributed by atoms with Crippen LogP contribution in [0.3, 0.4) is 0 Å². The maximum atomic E-state index is 12.3. The standard InChI is InChI=1S/C16H31NO5S/c18-16(4-2-1-3-15-23)17-5-7-19-9-11-21-13-14-22-12-10-20-8-6-17/h23H,1-15H2. The van der Waals surface area contributed by atoms with Crippen LogP contribution in [0, 0.1) is 0 Å². The number of thiol groups is 1. The highest BCUT2D eigenvalue weighted by Gasteiger charge is 2.13. The van der Waals surface area contributed by atoms with Crippen molar-refractivity contribution < 1.29 is 23.7 Å². The van der Waals surface area contributed by atoms with Crippen LogP contribution in [0.2, 0.25) is 0 Å². The van der Waals surface area contributed by atoms with Crippen molar-refractivity contribution >= 4 is 18.5 Å². The molecule has 0 bridgehead atoms. The minimum atomic E-state index is 0.174. The van der Waals surface area contributed by atoms with Gasteiger partial charge < -0.3 is 23.8 Å². The third kappa shape index (κ3) is 11.8. The Morgan fingerprint density at radius 2 is 1.22 bits per heavy atom. The van der Waals surface area contributed by atoms with E-state index in [1.54, 1.807) is 0 Å². The molecule has 0 saturated carbocycles. The van der Waals surface area contributed by atoms with Gasteiger partial charge in [-0.05, 0) is 18.6 Å². The van der Waals surface area contributed by atoms with E-state index >= 15 is 0 Å². The first-order chi connectivity index (χ1) is 11.3. The monoisotopic (exact) mass is 349 g/mol. The number of ether oxygens (including phenoxy) is 4. The number of hydrogen-bond acceptors (Lipinski definition) is 6. The van der Waals surface area contributed by atoms with E-state index in [0.717, 1.165) is 25.0 Å². The largest absolute Gasteiger partial charge is 0.377 e. The van der Waals surface area contributed by atoms with Gasteiger partial charge in [0.15, 0.2) is 0 Å². The summed E-state index contributed by atoms with van der Waals surface area (Å²) in [5.74, 6) is 1.05. The minimum absolute atomic E-state index is 0.174. The van der Waals surface area contributed by atoms with E-state index in [9.17, 15) is 4.79 Å². The molecule has 0 N–H and O–H groups in total. The second-order valence-electron chi connectivity index (χ2n) is 5.36. The Labute approximate surface area is 145 Å². The second-order valence-corrected chi connectivity index (χ2v) is 5.81.